The molecule has 0 spiro atoms. The van der Waals surface area contributed by atoms with Gasteiger partial charge in [0.25, 0.3) is 11.6 Å². The molecule has 404 valence electrons. The van der Waals surface area contributed by atoms with E-state index in [4.69, 9.17) is 4.74 Å². The van der Waals surface area contributed by atoms with E-state index in [9.17, 15) is 88.1 Å². The highest BCUT2D eigenvalue weighted by Gasteiger charge is 2.41. The Morgan fingerprint density at radius 3 is 1.68 bits per heavy atom. The molecule has 8 atom stereocenters. The van der Waals surface area contributed by atoms with Gasteiger partial charge in [-0.15, -0.1) is 0 Å². The molecule has 1 fully saturated rings. The summed E-state index contributed by atoms with van der Waals surface area (Å²) in [4.78, 5) is 167. The van der Waals surface area contributed by atoms with E-state index in [1.54, 1.807) is 20.8 Å². The SMILES string of the molecule is CCCN(NC(=O)[C@@H]1CCCN1C(=O)[C@@H](NC(=O)[C@@H](NC(=O)[C@H](CC(=O)O)NC(=O)[C@H](CCC(=O)O)NC(=O)[C@@H](NC(=O)[C@H](CC(=O)O)NC(C)=O)[C@@H](C)O)C(C)C)C(C)C)C(=O)Oc1ccc([N+](=O)[O-])cc1. The Hall–Kier alpha value is -7.98. The molecule has 0 radical (unpaired) electrons. The summed E-state index contributed by atoms with van der Waals surface area (Å²) < 4.78 is 5.29. The molecule has 1 aromatic carbocycles. The van der Waals surface area contributed by atoms with E-state index in [1.165, 1.54) is 30.9 Å². The molecule has 9 amide bonds. The zero-order valence-corrected chi connectivity index (χ0v) is 41.2. The van der Waals surface area contributed by atoms with Crippen LogP contribution in [0.1, 0.15) is 93.4 Å². The quantitative estimate of drug-likeness (QED) is 0.0344. The monoisotopic (exact) mass is 1040 g/mol. The molecule has 1 aliphatic rings. The number of hydrazine groups is 1. The summed E-state index contributed by atoms with van der Waals surface area (Å²) in [6.07, 6.45) is -5.48. The van der Waals surface area contributed by atoms with Crippen molar-refractivity contribution in [1.82, 2.24) is 47.2 Å². The number of ether oxygens (including phenoxy) is 1. The number of likely N-dealkylation sites (tertiary alicyclic amines) is 1. The van der Waals surface area contributed by atoms with E-state index < -0.39 is 162 Å². The zero-order valence-electron chi connectivity index (χ0n) is 41.2. The fraction of sp³-hybridized carbons (Fsp3) is 0.591. The Morgan fingerprint density at radius 2 is 1.21 bits per heavy atom. The first-order valence-electron chi connectivity index (χ1n) is 23.0. The van der Waals surface area contributed by atoms with Crippen LogP contribution < -0.4 is 42.1 Å². The number of carboxylic acid groups (broad SMARTS) is 3. The van der Waals surface area contributed by atoms with Crippen molar-refractivity contribution < 1.29 is 87.6 Å². The maximum Gasteiger partial charge on any atom is 0.434 e. The van der Waals surface area contributed by atoms with E-state index in [-0.39, 0.29) is 30.9 Å². The number of non-ortho nitro benzene ring substituents is 1. The van der Waals surface area contributed by atoms with Crippen LogP contribution in [-0.4, -0.2) is 168 Å². The number of hydrogen-bond acceptors (Lipinski definition) is 16. The van der Waals surface area contributed by atoms with Crippen LogP contribution in [0.15, 0.2) is 24.3 Å². The molecule has 0 aromatic heterocycles. The lowest BCUT2D eigenvalue weighted by Gasteiger charge is -2.33. The second kappa shape index (κ2) is 28.8. The Kier molecular flexibility index (Phi) is 24.1. The van der Waals surface area contributed by atoms with E-state index in [2.05, 4.69) is 37.3 Å². The van der Waals surface area contributed by atoms with Gasteiger partial charge in [-0.1, -0.05) is 34.6 Å². The molecule has 29 nitrogen and oxygen atoms in total. The molecule has 11 N–H and O–H groups in total. The number of nitro groups is 1. The average molecular weight is 1040 g/mol. The van der Waals surface area contributed by atoms with Crippen molar-refractivity contribution in [2.45, 2.75) is 142 Å². The zero-order chi connectivity index (χ0) is 55.4. The van der Waals surface area contributed by atoms with Crippen LogP contribution in [0.5, 0.6) is 5.75 Å². The van der Waals surface area contributed by atoms with Gasteiger partial charge in [-0.25, -0.2) is 9.80 Å². The molecule has 1 aromatic rings. The minimum Gasteiger partial charge on any atom is -0.481 e. The van der Waals surface area contributed by atoms with Crippen LogP contribution in [0.3, 0.4) is 0 Å². The lowest BCUT2D eigenvalue weighted by molar-refractivity contribution is -0.384. The van der Waals surface area contributed by atoms with Crippen LogP contribution in [-0.2, 0) is 52.7 Å². The molecule has 1 aliphatic heterocycles. The first-order chi connectivity index (χ1) is 34.1. The number of hydrogen-bond donors (Lipinski definition) is 11. The van der Waals surface area contributed by atoms with Crippen molar-refractivity contribution in [3.8, 4) is 5.75 Å². The van der Waals surface area contributed by atoms with Crippen molar-refractivity contribution >= 4 is 76.9 Å². The summed E-state index contributed by atoms with van der Waals surface area (Å²) in [5, 5.41) is 63.9. The number of carbonyl (C=O) groups is 12. The van der Waals surface area contributed by atoms with Gasteiger partial charge in [-0.2, -0.15) is 0 Å². The number of nitrogens with zero attached hydrogens (tertiary/aromatic N) is 3. The fourth-order valence-electron chi connectivity index (χ4n) is 7.19. The predicted octanol–water partition coefficient (Wildman–Crippen LogP) is -1.74. The molecule has 0 saturated carbocycles. The fourth-order valence-corrected chi connectivity index (χ4v) is 7.19. The highest BCUT2D eigenvalue weighted by atomic mass is 16.6. The number of aliphatic hydroxyl groups is 1. The van der Waals surface area contributed by atoms with E-state index >= 15 is 0 Å². The van der Waals surface area contributed by atoms with Crippen molar-refractivity contribution in [2.75, 3.05) is 13.1 Å². The van der Waals surface area contributed by atoms with Gasteiger partial charge in [0.05, 0.1) is 23.9 Å². The molecule has 1 heterocycles. The lowest BCUT2D eigenvalue weighted by Crippen LogP contribution is -2.62. The van der Waals surface area contributed by atoms with Gasteiger partial charge in [-0.3, -0.25) is 68.3 Å². The van der Waals surface area contributed by atoms with Crippen molar-refractivity contribution in [1.29, 1.82) is 0 Å². The van der Waals surface area contributed by atoms with Gasteiger partial charge < -0.3 is 62.0 Å². The lowest BCUT2D eigenvalue weighted by atomic mass is 9.98. The van der Waals surface area contributed by atoms with Gasteiger partial charge in [0.2, 0.25) is 41.4 Å². The number of carboxylic acids is 3. The van der Waals surface area contributed by atoms with Gasteiger partial charge in [0.15, 0.2) is 0 Å². The van der Waals surface area contributed by atoms with Crippen molar-refractivity contribution in [3.63, 3.8) is 0 Å². The van der Waals surface area contributed by atoms with Crippen LogP contribution in [0, 0.1) is 22.0 Å². The first kappa shape index (κ1) is 61.1. The number of amides is 9. The minimum absolute atomic E-state index is 0.0302. The standard InChI is InChI=1S/C44H64N10O19/c1-8-17-53(44(70)73-26-13-11-25(12-14-26)54(71)72)51-40(66)30-10-9-18-52(30)43(69)35(22(4)5)49-41(67)34(21(2)3)48-39(65)29(20-33(61)62)47-37(63)27(15-16-31(57)58)46-42(68)36(23(6)55)50-38(64)28(19-32(59)60)45-24(7)56/h11-14,21-23,27-30,34-36,55H,8-10,15-20H2,1-7H3,(H,45,56)(H,46,68)(H,47,63)(H,48,65)(H,49,67)(H,50,64)(H,51,66)(H,57,58)(H,59,60)(H,61,62)/t23-,27+,28+,29+,30+,34+,35+,36+/m1/s1. The predicted molar refractivity (Wildman–Crippen MR) is 249 cm³/mol. The van der Waals surface area contributed by atoms with Gasteiger partial charge in [-0.05, 0) is 56.6 Å². The number of aliphatic hydroxyl groups excluding tert-OH is 1. The number of benzene rings is 1. The van der Waals surface area contributed by atoms with Gasteiger partial charge in [0.1, 0.15) is 48.0 Å². The van der Waals surface area contributed by atoms with Crippen molar-refractivity contribution in [3.05, 3.63) is 34.4 Å². The van der Waals surface area contributed by atoms with Crippen LogP contribution in [0.2, 0.25) is 0 Å². The van der Waals surface area contributed by atoms with Crippen LogP contribution in [0.25, 0.3) is 0 Å². The van der Waals surface area contributed by atoms with E-state index in [0.29, 0.717) is 12.8 Å². The third-order valence-electron chi connectivity index (χ3n) is 10.9. The Morgan fingerprint density at radius 1 is 0.712 bits per heavy atom. The number of aliphatic carboxylic acids is 3. The van der Waals surface area contributed by atoms with Gasteiger partial charge >= 0.3 is 24.0 Å². The molecule has 1 saturated heterocycles. The second-order valence-corrected chi connectivity index (χ2v) is 17.6. The Balaban J connectivity index is 2.30. The summed E-state index contributed by atoms with van der Waals surface area (Å²) >= 11 is 0. The minimum atomic E-state index is -2.00. The van der Waals surface area contributed by atoms with E-state index in [1.807, 2.05) is 0 Å². The average Bonchev–Trinajstić information content (AvgIpc) is 3.79. The third kappa shape index (κ3) is 19.6. The number of nitro benzene ring substituents is 1. The molecule has 2 rings (SSSR count). The summed E-state index contributed by atoms with van der Waals surface area (Å²) in [6, 6.07) is -6.91. The molecule has 0 bridgehead atoms. The summed E-state index contributed by atoms with van der Waals surface area (Å²) in [5.41, 5.74) is 2.21. The largest absolute Gasteiger partial charge is 0.481 e. The number of rotatable bonds is 27. The molecule has 29 heteroatoms. The number of carbonyl (C=O) groups excluding carboxylic acids is 9. The Labute approximate surface area is 418 Å². The topological polar surface area (TPSA) is 429 Å². The molecular formula is C44H64N10O19. The Bertz CT molecular complexity index is 2210. The molecule has 0 unspecified atom stereocenters. The van der Waals surface area contributed by atoms with E-state index in [0.717, 1.165) is 31.0 Å². The highest BCUT2D eigenvalue weighted by molar-refractivity contribution is 5.99. The maximum atomic E-state index is 14.2. The maximum absolute atomic E-state index is 14.2. The smallest absolute Gasteiger partial charge is 0.434 e. The van der Waals surface area contributed by atoms with Gasteiger partial charge in [0, 0.05) is 38.6 Å². The first-order valence-corrected chi connectivity index (χ1v) is 23.0. The summed E-state index contributed by atoms with van der Waals surface area (Å²) in [5.74, 6) is -14.5. The molecule has 73 heavy (non-hydrogen) atoms. The third-order valence-corrected chi connectivity index (χ3v) is 10.9. The normalized spacial score (nSPS) is 15.9. The van der Waals surface area contributed by atoms with Crippen LogP contribution >= 0.6 is 0 Å². The number of nitrogens with one attached hydrogen (secondary N) is 7. The second-order valence-electron chi connectivity index (χ2n) is 17.6. The van der Waals surface area contributed by atoms with Crippen LogP contribution in [0.4, 0.5) is 10.5 Å². The summed E-state index contributed by atoms with van der Waals surface area (Å²) in [6.45, 7) is 9.91. The molecular weight excluding hydrogens is 973 g/mol. The van der Waals surface area contributed by atoms with Crippen molar-refractivity contribution in [2.24, 2.45) is 11.8 Å². The molecule has 0 aliphatic carbocycles. The summed E-state index contributed by atoms with van der Waals surface area (Å²) in [7, 11) is 0. The highest BCUT2D eigenvalue weighted by Crippen LogP contribution is 2.22.